The summed E-state index contributed by atoms with van der Waals surface area (Å²) in [5.74, 6) is 0. The molecule has 0 aliphatic heterocycles. The fraction of sp³-hybridized carbons (Fsp3) is 0.500. The van der Waals surface area contributed by atoms with Crippen LogP contribution in [0.3, 0.4) is 0 Å². The SMILES string of the molecule is CN=C(C)C=C(C)Cl. The average molecular weight is 132 g/mol. The lowest BCUT2D eigenvalue weighted by atomic mass is 10.4. The zero-order valence-electron chi connectivity index (χ0n) is 5.40. The summed E-state index contributed by atoms with van der Waals surface area (Å²) in [5.41, 5.74) is 0.956. The molecule has 0 amide bonds. The molecule has 0 unspecified atom stereocenters. The molecule has 0 aromatic rings. The van der Waals surface area contributed by atoms with Gasteiger partial charge in [0.05, 0.1) is 0 Å². The van der Waals surface area contributed by atoms with Crippen molar-refractivity contribution in [1.82, 2.24) is 0 Å². The van der Waals surface area contributed by atoms with Crippen LogP contribution in [0.1, 0.15) is 13.8 Å². The summed E-state index contributed by atoms with van der Waals surface area (Å²) in [6.45, 7) is 3.74. The van der Waals surface area contributed by atoms with Crippen LogP contribution in [0.5, 0.6) is 0 Å². The molecule has 0 heterocycles. The van der Waals surface area contributed by atoms with Crippen molar-refractivity contribution in [2.75, 3.05) is 7.05 Å². The molecule has 2 heteroatoms. The second kappa shape index (κ2) is 3.67. The first-order valence-electron chi connectivity index (χ1n) is 2.44. The van der Waals surface area contributed by atoms with Crippen LogP contribution in [0.25, 0.3) is 0 Å². The van der Waals surface area contributed by atoms with Gasteiger partial charge in [-0.05, 0) is 19.9 Å². The van der Waals surface area contributed by atoms with Crippen molar-refractivity contribution in [1.29, 1.82) is 0 Å². The van der Waals surface area contributed by atoms with Gasteiger partial charge in [-0.15, -0.1) is 0 Å². The van der Waals surface area contributed by atoms with E-state index in [-0.39, 0.29) is 0 Å². The first-order chi connectivity index (χ1) is 3.66. The van der Waals surface area contributed by atoms with Crippen molar-refractivity contribution < 1.29 is 0 Å². The van der Waals surface area contributed by atoms with E-state index in [4.69, 9.17) is 11.6 Å². The minimum atomic E-state index is 0.771. The van der Waals surface area contributed by atoms with Gasteiger partial charge in [0.15, 0.2) is 0 Å². The molecule has 0 saturated heterocycles. The van der Waals surface area contributed by atoms with Crippen LogP contribution in [-0.2, 0) is 0 Å². The maximum absolute atomic E-state index is 5.53. The minimum Gasteiger partial charge on any atom is -0.293 e. The lowest BCUT2D eigenvalue weighted by Crippen LogP contribution is -1.82. The molecule has 46 valence electrons. The standard InChI is InChI=1S/C6H10ClN/c1-5(7)4-6(2)8-3/h4H,1-3H3. The number of halogens is 1. The van der Waals surface area contributed by atoms with Gasteiger partial charge in [0.25, 0.3) is 0 Å². The Morgan fingerprint density at radius 2 is 2.00 bits per heavy atom. The molecule has 0 aliphatic rings. The topological polar surface area (TPSA) is 12.4 Å². The van der Waals surface area contributed by atoms with Gasteiger partial charge in [0.1, 0.15) is 0 Å². The molecule has 0 spiro atoms. The van der Waals surface area contributed by atoms with E-state index in [2.05, 4.69) is 4.99 Å². The van der Waals surface area contributed by atoms with Gasteiger partial charge in [-0.3, -0.25) is 4.99 Å². The molecule has 0 atom stereocenters. The van der Waals surface area contributed by atoms with Crippen molar-refractivity contribution in [2.45, 2.75) is 13.8 Å². The third-order valence-electron chi connectivity index (χ3n) is 0.760. The van der Waals surface area contributed by atoms with E-state index >= 15 is 0 Å². The summed E-state index contributed by atoms with van der Waals surface area (Å²) in [5, 5.41) is 0.771. The maximum Gasteiger partial charge on any atom is 0.0325 e. The quantitative estimate of drug-likeness (QED) is 0.484. The Labute approximate surface area is 55.1 Å². The first kappa shape index (κ1) is 7.70. The van der Waals surface area contributed by atoms with Crippen molar-refractivity contribution in [3.8, 4) is 0 Å². The van der Waals surface area contributed by atoms with Gasteiger partial charge in [-0.2, -0.15) is 0 Å². The summed E-state index contributed by atoms with van der Waals surface area (Å²) in [6, 6.07) is 0. The monoisotopic (exact) mass is 131 g/mol. The Kier molecular flexibility index (Phi) is 3.53. The van der Waals surface area contributed by atoms with Gasteiger partial charge in [-0.1, -0.05) is 11.6 Å². The van der Waals surface area contributed by atoms with Crippen molar-refractivity contribution in [3.05, 3.63) is 11.1 Å². The Morgan fingerprint density at radius 1 is 1.50 bits per heavy atom. The molecular formula is C6H10ClN. The highest BCUT2D eigenvalue weighted by atomic mass is 35.5. The second-order valence-electron chi connectivity index (χ2n) is 1.60. The van der Waals surface area contributed by atoms with Crippen molar-refractivity contribution in [2.24, 2.45) is 4.99 Å². The normalized spacial score (nSPS) is 14.5. The molecule has 0 radical (unpaired) electrons. The zero-order valence-corrected chi connectivity index (χ0v) is 6.16. The molecule has 0 aromatic carbocycles. The number of aliphatic imine (C=N–C) groups is 1. The third kappa shape index (κ3) is 3.88. The summed E-state index contributed by atoms with van der Waals surface area (Å²) in [4.78, 5) is 3.88. The van der Waals surface area contributed by atoms with Crippen LogP contribution < -0.4 is 0 Å². The second-order valence-corrected chi connectivity index (χ2v) is 2.19. The van der Waals surface area contributed by atoms with Crippen molar-refractivity contribution >= 4 is 17.3 Å². The van der Waals surface area contributed by atoms with Gasteiger partial charge >= 0.3 is 0 Å². The van der Waals surface area contributed by atoms with Crippen LogP contribution in [-0.4, -0.2) is 12.8 Å². The largest absolute Gasteiger partial charge is 0.293 e. The Hall–Kier alpha value is -0.300. The van der Waals surface area contributed by atoms with E-state index in [0.29, 0.717) is 0 Å². The van der Waals surface area contributed by atoms with Crippen LogP contribution in [0.15, 0.2) is 16.1 Å². The molecule has 0 fully saturated rings. The van der Waals surface area contributed by atoms with Crippen LogP contribution in [0.2, 0.25) is 0 Å². The number of allylic oxidation sites excluding steroid dienone is 2. The molecule has 0 saturated carbocycles. The number of hydrogen-bond acceptors (Lipinski definition) is 1. The molecular weight excluding hydrogens is 122 g/mol. The van der Waals surface area contributed by atoms with E-state index in [1.165, 1.54) is 0 Å². The van der Waals surface area contributed by atoms with Crippen LogP contribution >= 0.6 is 11.6 Å². The Balaban J connectivity index is 3.89. The highest BCUT2D eigenvalue weighted by Gasteiger charge is 1.80. The van der Waals surface area contributed by atoms with E-state index < -0.39 is 0 Å². The molecule has 0 N–H and O–H groups in total. The molecule has 8 heavy (non-hydrogen) atoms. The highest BCUT2D eigenvalue weighted by molar-refractivity contribution is 6.30. The molecule has 1 nitrogen and oxygen atoms in total. The van der Waals surface area contributed by atoms with Gasteiger partial charge < -0.3 is 0 Å². The van der Waals surface area contributed by atoms with E-state index in [9.17, 15) is 0 Å². The molecule has 0 rings (SSSR count). The van der Waals surface area contributed by atoms with Crippen LogP contribution in [0, 0.1) is 0 Å². The predicted molar refractivity (Wildman–Crippen MR) is 38.6 cm³/mol. The number of rotatable bonds is 1. The number of nitrogens with zero attached hydrogens (tertiary/aromatic N) is 1. The Morgan fingerprint density at radius 3 is 2.12 bits per heavy atom. The van der Waals surface area contributed by atoms with Gasteiger partial charge in [0, 0.05) is 17.8 Å². The Bertz CT molecular complexity index is 120. The lowest BCUT2D eigenvalue weighted by Gasteiger charge is -1.85. The predicted octanol–water partition coefficient (Wildman–Crippen LogP) is 2.22. The fourth-order valence-electron chi connectivity index (χ4n) is 0.352. The average Bonchev–Trinajstić information content (AvgIpc) is 1.65. The first-order valence-corrected chi connectivity index (χ1v) is 2.82. The maximum atomic E-state index is 5.53. The van der Waals surface area contributed by atoms with Gasteiger partial charge in [-0.25, -0.2) is 0 Å². The zero-order chi connectivity index (χ0) is 6.57. The summed E-state index contributed by atoms with van der Waals surface area (Å²) >= 11 is 5.53. The van der Waals surface area contributed by atoms with Gasteiger partial charge in [0.2, 0.25) is 0 Å². The van der Waals surface area contributed by atoms with E-state index in [1.807, 2.05) is 19.9 Å². The third-order valence-corrected chi connectivity index (χ3v) is 0.870. The van der Waals surface area contributed by atoms with Crippen LogP contribution in [0.4, 0.5) is 0 Å². The molecule has 0 aliphatic carbocycles. The minimum absolute atomic E-state index is 0.771. The fourth-order valence-corrected chi connectivity index (χ4v) is 0.510. The summed E-state index contributed by atoms with van der Waals surface area (Å²) < 4.78 is 0. The molecule has 0 bridgehead atoms. The van der Waals surface area contributed by atoms with Crippen molar-refractivity contribution in [3.63, 3.8) is 0 Å². The van der Waals surface area contributed by atoms with E-state index in [0.717, 1.165) is 10.7 Å². The highest BCUT2D eigenvalue weighted by Crippen LogP contribution is 1.97. The summed E-state index contributed by atoms with van der Waals surface area (Å²) in [7, 11) is 1.74. The molecule has 0 aromatic heterocycles. The van der Waals surface area contributed by atoms with E-state index in [1.54, 1.807) is 7.05 Å². The lowest BCUT2D eigenvalue weighted by molar-refractivity contribution is 1.43. The summed E-state index contributed by atoms with van der Waals surface area (Å²) in [6.07, 6.45) is 1.82. The smallest absolute Gasteiger partial charge is 0.0325 e. The number of hydrogen-bond donors (Lipinski definition) is 0.